The van der Waals surface area contributed by atoms with E-state index in [1.54, 1.807) is 43.5 Å². The van der Waals surface area contributed by atoms with Crippen LogP contribution in [0, 0.1) is 18.8 Å². The van der Waals surface area contributed by atoms with E-state index < -0.39 is 46.8 Å². The van der Waals surface area contributed by atoms with Gasteiger partial charge in [-0.1, -0.05) is 36.8 Å². The summed E-state index contributed by atoms with van der Waals surface area (Å²) in [6, 6.07) is 13.0. The van der Waals surface area contributed by atoms with Crippen molar-refractivity contribution in [2.75, 3.05) is 12.0 Å². The number of carbonyl (C=O) groups excluding carboxylic acids is 4. The van der Waals surface area contributed by atoms with Gasteiger partial charge in [0.25, 0.3) is 5.91 Å². The Labute approximate surface area is 210 Å². The van der Waals surface area contributed by atoms with Gasteiger partial charge in [-0.3, -0.25) is 19.3 Å². The number of carbonyl (C=O) groups is 4. The Bertz CT molecular complexity index is 1260. The molecule has 188 valence electrons. The Kier molecular flexibility index (Phi) is 5.28. The van der Waals surface area contributed by atoms with Gasteiger partial charge < -0.3 is 9.64 Å². The Morgan fingerprint density at radius 2 is 1.53 bits per heavy atom. The summed E-state index contributed by atoms with van der Waals surface area (Å²) in [5.74, 6) is -2.38. The SMILES string of the molecule is CC[C@@]12C(=O)N(c3ccc(C)cc3)C(=O)N1[C@H](c1ccc(OC)cc1)[C@@H]1C(=O)N(C(C)(C)C)C(=O)[C@@H]12. The molecule has 3 aliphatic rings. The zero-order valence-corrected chi connectivity index (χ0v) is 21.4. The first kappa shape index (κ1) is 24.0. The highest BCUT2D eigenvalue weighted by atomic mass is 16.5. The molecule has 0 radical (unpaired) electrons. The molecule has 4 atom stereocenters. The molecule has 5 rings (SSSR count). The van der Waals surface area contributed by atoms with Crippen LogP contribution in [0.5, 0.6) is 5.75 Å². The minimum absolute atomic E-state index is 0.213. The number of anilines is 1. The standard InChI is InChI=1S/C28H31N3O5/c1-7-28-21-20(23(32)31(24(21)33)27(3,4)5)22(17-10-14-19(36-6)15-11-17)30(28)26(35)29(25(28)34)18-12-8-16(2)9-13-18/h8-15,20-22H,7H2,1-6H3/t20-,21-,22-,28-/m1/s1. The number of amides is 5. The Morgan fingerprint density at radius 3 is 2.06 bits per heavy atom. The fourth-order valence-electron chi connectivity index (χ4n) is 6.27. The molecule has 3 fully saturated rings. The van der Waals surface area contributed by atoms with E-state index in [2.05, 4.69) is 0 Å². The van der Waals surface area contributed by atoms with Crippen molar-refractivity contribution in [3.8, 4) is 5.75 Å². The molecule has 3 aliphatic heterocycles. The smallest absolute Gasteiger partial charge is 0.332 e. The Balaban J connectivity index is 1.73. The molecular formula is C28H31N3O5. The van der Waals surface area contributed by atoms with Crippen LogP contribution in [-0.2, 0) is 14.4 Å². The van der Waals surface area contributed by atoms with Crippen molar-refractivity contribution in [2.45, 2.75) is 58.2 Å². The van der Waals surface area contributed by atoms with Gasteiger partial charge in [-0.25, -0.2) is 9.69 Å². The molecule has 3 saturated heterocycles. The predicted molar refractivity (Wildman–Crippen MR) is 133 cm³/mol. The van der Waals surface area contributed by atoms with E-state index in [-0.39, 0.29) is 12.3 Å². The topological polar surface area (TPSA) is 87.2 Å². The van der Waals surface area contributed by atoms with Crippen molar-refractivity contribution in [3.63, 3.8) is 0 Å². The highest BCUT2D eigenvalue weighted by Gasteiger charge is 2.77. The van der Waals surface area contributed by atoms with Crippen LogP contribution < -0.4 is 9.64 Å². The lowest BCUT2D eigenvalue weighted by atomic mass is 9.77. The van der Waals surface area contributed by atoms with Crippen LogP contribution in [0.15, 0.2) is 48.5 Å². The summed E-state index contributed by atoms with van der Waals surface area (Å²) in [6.45, 7) is 9.16. The number of hydrogen-bond acceptors (Lipinski definition) is 5. The largest absolute Gasteiger partial charge is 0.497 e. The third-order valence-corrected chi connectivity index (χ3v) is 7.84. The number of fused-ring (bicyclic) bond motifs is 3. The number of urea groups is 1. The second kappa shape index (κ2) is 7.91. The number of benzene rings is 2. The maximum atomic E-state index is 14.2. The number of ether oxygens (including phenoxy) is 1. The highest BCUT2D eigenvalue weighted by molar-refractivity contribution is 6.26. The molecule has 8 nitrogen and oxygen atoms in total. The molecule has 0 N–H and O–H groups in total. The van der Waals surface area contributed by atoms with Crippen LogP contribution in [0.1, 0.15) is 51.3 Å². The zero-order chi connectivity index (χ0) is 26.2. The lowest BCUT2D eigenvalue weighted by Gasteiger charge is -2.37. The van der Waals surface area contributed by atoms with Gasteiger partial charge in [0.2, 0.25) is 11.8 Å². The summed E-state index contributed by atoms with van der Waals surface area (Å²) in [5.41, 5.74) is -0.0796. The van der Waals surface area contributed by atoms with Gasteiger partial charge in [0, 0.05) is 5.54 Å². The fourth-order valence-corrected chi connectivity index (χ4v) is 6.27. The van der Waals surface area contributed by atoms with Crippen LogP contribution in [0.2, 0.25) is 0 Å². The fraction of sp³-hybridized carbons (Fsp3) is 0.429. The quantitative estimate of drug-likeness (QED) is 0.477. The molecular weight excluding hydrogens is 458 g/mol. The number of rotatable bonds is 4. The number of methoxy groups -OCH3 is 1. The minimum atomic E-state index is -1.45. The monoisotopic (exact) mass is 489 g/mol. The van der Waals surface area contributed by atoms with Crippen molar-refractivity contribution in [2.24, 2.45) is 11.8 Å². The van der Waals surface area contributed by atoms with E-state index in [9.17, 15) is 19.2 Å². The van der Waals surface area contributed by atoms with Gasteiger partial charge in [-0.05, 0) is 63.9 Å². The summed E-state index contributed by atoms with van der Waals surface area (Å²) in [4.78, 5) is 60.1. The third-order valence-electron chi connectivity index (χ3n) is 7.84. The molecule has 0 spiro atoms. The summed E-state index contributed by atoms with van der Waals surface area (Å²) < 4.78 is 5.30. The van der Waals surface area contributed by atoms with E-state index in [4.69, 9.17) is 4.74 Å². The summed E-state index contributed by atoms with van der Waals surface area (Å²) in [7, 11) is 1.56. The normalized spacial score (nSPS) is 27.7. The van der Waals surface area contributed by atoms with Gasteiger partial charge in [0.05, 0.1) is 30.7 Å². The molecule has 2 aromatic rings. The number of aryl methyl sites for hydroxylation is 1. The van der Waals surface area contributed by atoms with Gasteiger partial charge >= 0.3 is 6.03 Å². The summed E-state index contributed by atoms with van der Waals surface area (Å²) >= 11 is 0. The van der Waals surface area contributed by atoms with Crippen LogP contribution in [0.3, 0.4) is 0 Å². The van der Waals surface area contributed by atoms with Gasteiger partial charge in [-0.15, -0.1) is 0 Å². The predicted octanol–water partition coefficient (Wildman–Crippen LogP) is 4.08. The number of likely N-dealkylation sites (tertiary alicyclic amines) is 1. The first-order valence-corrected chi connectivity index (χ1v) is 12.3. The second-order valence-electron chi connectivity index (χ2n) is 10.8. The summed E-state index contributed by atoms with van der Waals surface area (Å²) in [6.07, 6.45) is 0.213. The Morgan fingerprint density at radius 1 is 0.917 bits per heavy atom. The molecule has 5 amide bonds. The molecule has 3 heterocycles. The van der Waals surface area contributed by atoms with Crippen LogP contribution in [0.25, 0.3) is 0 Å². The van der Waals surface area contributed by atoms with Gasteiger partial charge in [0.15, 0.2) is 0 Å². The van der Waals surface area contributed by atoms with Crippen molar-refractivity contribution in [1.82, 2.24) is 9.80 Å². The van der Waals surface area contributed by atoms with Crippen LogP contribution >= 0.6 is 0 Å². The number of nitrogens with zero attached hydrogens (tertiary/aromatic N) is 3. The number of hydrogen-bond donors (Lipinski definition) is 0. The van der Waals surface area contributed by atoms with Gasteiger partial charge in [0.1, 0.15) is 11.3 Å². The minimum Gasteiger partial charge on any atom is -0.497 e. The molecule has 8 heteroatoms. The maximum Gasteiger partial charge on any atom is 0.332 e. The van der Waals surface area contributed by atoms with E-state index in [1.165, 1.54) is 14.7 Å². The zero-order valence-electron chi connectivity index (χ0n) is 21.4. The van der Waals surface area contributed by atoms with Crippen LogP contribution in [-0.4, -0.2) is 51.7 Å². The molecule has 36 heavy (non-hydrogen) atoms. The van der Waals surface area contributed by atoms with E-state index >= 15 is 0 Å². The summed E-state index contributed by atoms with van der Waals surface area (Å²) in [5, 5.41) is 0. The average Bonchev–Trinajstić information content (AvgIpc) is 3.38. The molecule has 2 aromatic carbocycles. The number of imide groups is 2. The van der Waals surface area contributed by atoms with Crippen LogP contribution in [0.4, 0.5) is 10.5 Å². The second-order valence-corrected chi connectivity index (χ2v) is 10.8. The first-order chi connectivity index (χ1) is 17.0. The highest BCUT2D eigenvalue weighted by Crippen LogP contribution is 2.60. The van der Waals surface area contributed by atoms with E-state index in [0.29, 0.717) is 17.0 Å². The third kappa shape index (κ3) is 2.99. The van der Waals surface area contributed by atoms with Crippen molar-refractivity contribution >= 4 is 29.4 Å². The first-order valence-electron chi connectivity index (χ1n) is 12.3. The van der Waals surface area contributed by atoms with Gasteiger partial charge in [-0.2, -0.15) is 0 Å². The van der Waals surface area contributed by atoms with E-state index in [1.807, 2.05) is 46.8 Å². The van der Waals surface area contributed by atoms with E-state index in [0.717, 1.165) is 5.56 Å². The molecule has 0 unspecified atom stereocenters. The molecule has 0 aliphatic carbocycles. The average molecular weight is 490 g/mol. The molecule has 0 aromatic heterocycles. The lowest BCUT2D eigenvalue weighted by molar-refractivity contribution is -0.149. The maximum absolute atomic E-state index is 14.2. The molecule has 0 bridgehead atoms. The van der Waals surface area contributed by atoms with Crippen molar-refractivity contribution in [3.05, 3.63) is 59.7 Å². The molecule has 0 saturated carbocycles. The lowest BCUT2D eigenvalue weighted by Crippen LogP contribution is -2.55. The Hall–Kier alpha value is -3.68. The van der Waals surface area contributed by atoms with Crippen molar-refractivity contribution < 1.29 is 23.9 Å². The van der Waals surface area contributed by atoms with Crippen molar-refractivity contribution in [1.29, 1.82) is 0 Å².